The molecule has 0 aliphatic carbocycles. The van der Waals surface area contributed by atoms with Gasteiger partial charge < -0.3 is 4.84 Å². The van der Waals surface area contributed by atoms with E-state index in [2.05, 4.69) is 10.1 Å². The number of nitrogens with zero attached hydrogens (tertiary/aromatic N) is 2. The number of rotatable bonds is 6. The second kappa shape index (κ2) is 8.65. The van der Waals surface area contributed by atoms with E-state index >= 15 is 0 Å². The highest BCUT2D eigenvalue weighted by Gasteiger charge is 1.99. The number of hydrogen-bond acceptors (Lipinski definition) is 4. The summed E-state index contributed by atoms with van der Waals surface area (Å²) in [6.45, 7) is 0.214. The fraction of sp³-hybridized carbons (Fsp3) is 0.0526. The second-order valence-corrected chi connectivity index (χ2v) is 6.65. The van der Waals surface area contributed by atoms with Crippen molar-refractivity contribution in [1.29, 1.82) is 0 Å². The average molecular weight is 373 g/mol. The first-order valence-corrected chi connectivity index (χ1v) is 8.68. The lowest BCUT2D eigenvalue weighted by molar-refractivity contribution is 0.132. The van der Waals surface area contributed by atoms with E-state index in [1.807, 2.05) is 36.4 Å². The van der Waals surface area contributed by atoms with Crippen LogP contribution in [0.2, 0.25) is 5.02 Å². The highest BCUT2D eigenvalue weighted by atomic mass is 35.5. The fourth-order valence-electron chi connectivity index (χ4n) is 1.99. The molecule has 0 aliphatic heterocycles. The van der Waals surface area contributed by atoms with Gasteiger partial charge in [0, 0.05) is 21.7 Å². The minimum atomic E-state index is -0.289. The molecule has 0 spiro atoms. The van der Waals surface area contributed by atoms with Gasteiger partial charge in [-0.05, 0) is 54.1 Å². The van der Waals surface area contributed by atoms with Crippen molar-refractivity contribution in [2.75, 3.05) is 0 Å². The molecule has 3 rings (SSSR count). The van der Waals surface area contributed by atoms with Crippen molar-refractivity contribution in [2.24, 2.45) is 5.16 Å². The summed E-state index contributed by atoms with van der Waals surface area (Å²) in [5.74, 6) is -0.289. The van der Waals surface area contributed by atoms with Gasteiger partial charge in [-0.1, -0.05) is 40.7 Å². The lowest BCUT2D eigenvalue weighted by Gasteiger charge is -2.02. The molecule has 0 unspecified atom stereocenters. The van der Waals surface area contributed by atoms with Crippen molar-refractivity contribution in [3.05, 3.63) is 88.8 Å². The normalized spacial score (nSPS) is 11.0. The Kier molecular flexibility index (Phi) is 6.04. The van der Waals surface area contributed by atoms with Gasteiger partial charge in [0.1, 0.15) is 17.5 Å². The van der Waals surface area contributed by atoms with Crippen LogP contribution in [-0.4, -0.2) is 11.2 Å². The van der Waals surface area contributed by atoms with Gasteiger partial charge in [-0.2, -0.15) is 0 Å². The van der Waals surface area contributed by atoms with Crippen LogP contribution in [-0.2, 0) is 11.4 Å². The smallest absolute Gasteiger partial charge is 0.142 e. The van der Waals surface area contributed by atoms with Crippen LogP contribution in [0.5, 0.6) is 0 Å². The minimum Gasteiger partial charge on any atom is -0.391 e. The van der Waals surface area contributed by atoms with Crippen LogP contribution in [0, 0.1) is 5.82 Å². The van der Waals surface area contributed by atoms with Gasteiger partial charge in [0.2, 0.25) is 0 Å². The summed E-state index contributed by atoms with van der Waals surface area (Å²) >= 11 is 7.42. The van der Waals surface area contributed by atoms with Crippen LogP contribution in [0.4, 0.5) is 4.39 Å². The molecule has 2 aromatic carbocycles. The molecule has 0 saturated heterocycles. The van der Waals surface area contributed by atoms with Crippen LogP contribution >= 0.6 is 23.4 Å². The number of aromatic nitrogens is 1. The molecule has 0 saturated carbocycles. The van der Waals surface area contributed by atoms with Gasteiger partial charge in [0.15, 0.2) is 0 Å². The number of oxime groups is 1. The van der Waals surface area contributed by atoms with Crippen molar-refractivity contribution in [3.63, 3.8) is 0 Å². The molecule has 1 aromatic heterocycles. The molecule has 126 valence electrons. The number of benzene rings is 2. The zero-order chi connectivity index (χ0) is 17.5. The van der Waals surface area contributed by atoms with Gasteiger partial charge in [-0.3, -0.25) is 0 Å². The van der Waals surface area contributed by atoms with E-state index in [9.17, 15) is 4.39 Å². The van der Waals surface area contributed by atoms with E-state index in [0.29, 0.717) is 5.02 Å². The number of hydrogen-bond donors (Lipinski definition) is 0. The van der Waals surface area contributed by atoms with E-state index in [-0.39, 0.29) is 12.4 Å². The molecular formula is C19H14ClFN2OS. The third-order valence-electron chi connectivity index (χ3n) is 3.19. The zero-order valence-electron chi connectivity index (χ0n) is 13.1. The topological polar surface area (TPSA) is 34.5 Å². The van der Waals surface area contributed by atoms with E-state index < -0.39 is 0 Å². The summed E-state index contributed by atoms with van der Waals surface area (Å²) in [5.41, 5.74) is 1.55. The second-order valence-electron chi connectivity index (χ2n) is 5.12. The fourth-order valence-corrected chi connectivity index (χ4v) is 2.87. The molecule has 0 atom stereocenters. The van der Waals surface area contributed by atoms with Gasteiger partial charge in [0.05, 0.1) is 6.21 Å². The summed E-state index contributed by atoms with van der Waals surface area (Å²) in [6, 6.07) is 17.6. The Labute approximate surface area is 154 Å². The molecule has 0 N–H and O–H groups in total. The predicted molar refractivity (Wildman–Crippen MR) is 98.6 cm³/mol. The first-order chi connectivity index (χ1) is 12.2. The SMILES string of the molecule is Fc1cccc(CON=Cc2ccc(Sc3ccc(Cl)cc3)nc2)c1. The highest BCUT2D eigenvalue weighted by molar-refractivity contribution is 7.99. The molecule has 0 bridgehead atoms. The van der Waals surface area contributed by atoms with E-state index in [0.717, 1.165) is 21.0 Å². The highest BCUT2D eigenvalue weighted by Crippen LogP contribution is 2.26. The Bertz CT molecular complexity index is 854. The summed E-state index contributed by atoms with van der Waals surface area (Å²) < 4.78 is 13.0. The maximum atomic E-state index is 13.0. The Hall–Kier alpha value is -2.37. The van der Waals surface area contributed by atoms with Crippen LogP contribution in [0.25, 0.3) is 0 Å². The standard InChI is InChI=1S/C19H14ClFN2OS/c20-16-5-7-18(8-6-16)25-19-9-4-15(11-22-19)12-23-24-13-14-2-1-3-17(21)10-14/h1-12H,13H2. The van der Waals surface area contributed by atoms with Gasteiger partial charge >= 0.3 is 0 Å². The first-order valence-electron chi connectivity index (χ1n) is 7.48. The van der Waals surface area contributed by atoms with Crippen molar-refractivity contribution in [3.8, 4) is 0 Å². The monoisotopic (exact) mass is 372 g/mol. The summed E-state index contributed by atoms with van der Waals surface area (Å²) in [6.07, 6.45) is 3.29. The summed E-state index contributed by atoms with van der Waals surface area (Å²) in [4.78, 5) is 10.6. The van der Waals surface area contributed by atoms with Crippen molar-refractivity contribution in [1.82, 2.24) is 4.98 Å². The lowest BCUT2D eigenvalue weighted by Crippen LogP contribution is -1.90. The number of pyridine rings is 1. The molecule has 3 nitrogen and oxygen atoms in total. The molecular weight excluding hydrogens is 359 g/mol. The van der Waals surface area contributed by atoms with Gasteiger partial charge in [-0.15, -0.1) is 0 Å². The average Bonchev–Trinajstić information content (AvgIpc) is 2.62. The third kappa shape index (κ3) is 5.59. The minimum absolute atomic E-state index is 0.214. The molecule has 6 heteroatoms. The van der Waals surface area contributed by atoms with Gasteiger partial charge in [0.25, 0.3) is 0 Å². The molecule has 3 aromatic rings. The van der Waals surface area contributed by atoms with Crippen LogP contribution < -0.4 is 0 Å². The summed E-state index contributed by atoms with van der Waals surface area (Å²) in [7, 11) is 0. The van der Waals surface area contributed by atoms with Crippen LogP contribution in [0.1, 0.15) is 11.1 Å². The number of halogens is 2. The quantitative estimate of drug-likeness (QED) is 0.418. The molecule has 25 heavy (non-hydrogen) atoms. The summed E-state index contributed by atoms with van der Waals surface area (Å²) in [5, 5.41) is 5.47. The Morgan fingerprint density at radius 3 is 2.68 bits per heavy atom. The zero-order valence-corrected chi connectivity index (χ0v) is 14.7. The van der Waals surface area contributed by atoms with Crippen molar-refractivity contribution in [2.45, 2.75) is 16.5 Å². The predicted octanol–water partition coefficient (Wildman–Crippen LogP) is 5.58. The van der Waals surface area contributed by atoms with Crippen LogP contribution in [0.15, 0.2) is 81.9 Å². The van der Waals surface area contributed by atoms with Gasteiger partial charge in [-0.25, -0.2) is 9.37 Å². The molecule has 0 fully saturated rings. The molecule has 0 radical (unpaired) electrons. The van der Waals surface area contributed by atoms with Crippen molar-refractivity contribution >= 4 is 29.6 Å². The lowest BCUT2D eigenvalue weighted by atomic mass is 10.2. The Morgan fingerprint density at radius 1 is 1.12 bits per heavy atom. The maximum Gasteiger partial charge on any atom is 0.142 e. The third-order valence-corrected chi connectivity index (χ3v) is 4.40. The molecule has 0 amide bonds. The largest absolute Gasteiger partial charge is 0.391 e. The van der Waals surface area contributed by atoms with E-state index in [1.165, 1.54) is 12.1 Å². The van der Waals surface area contributed by atoms with Crippen molar-refractivity contribution < 1.29 is 9.23 Å². The maximum absolute atomic E-state index is 13.0. The van der Waals surface area contributed by atoms with E-state index in [4.69, 9.17) is 16.4 Å². The Balaban J connectivity index is 1.52. The molecule has 0 aliphatic rings. The van der Waals surface area contributed by atoms with E-state index in [1.54, 1.807) is 36.3 Å². The molecule has 1 heterocycles. The van der Waals surface area contributed by atoms with Crippen LogP contribution in [0.3, 0.4) is 0 Å². The Morgan fingerprint density at radius 2 is 1.96 bits per heavy atom. The first kappa shape index (κ1) is 17.5.